The van der Waals surface area contributed by atoms with Crippen molar-refractivity contribution in [3.63, 3.8) is 0 Å². The van der Waals surface area contributed by atoms with E-state index in [-0.39, 0.29) is 29.9 Å². The van der Waals surface area contributed by atoms with Crippen molar-refractivity contribution >= 4 is 22.6 Å². The van der Waals surface area contributed by atoms with Crippen LogP contribution in [-0.4, -0.2) is 29.1 Å². The van der Waals surface area contributed by atoms with E-state index in [4.69, 9.17) is 4.74 Å². The Morgan fingerprint density at radius 3 is 2.31 bits per heavy atom. The van der Waals surface area contributed by atoms with Gasteiger partial charge in [-0.2, -0.15) is 13.2 Å². The highest BCUT2D eigenvalue weighted by Crippen LogP contribution is 2.33. The van der Waals surface area contributed by atoms with Gasteiger partial charge >= 0.3 is 12.1 Å². The number of aliphatic carboxylic acids is 1. The van der Waals surface area contributed by atoms with Crippen LogP contribution in [0.2, 0.25) is 0 Å². The second-order valence-corrected chi connectivity index (χ2v) is 7.80. The van der Waals surface area contributed by atoms with Crippen molar-refractivity contribution in [3.8, 4) is 5.75 Å². The van der Waals surface area contributed by atoms with Crippen molar-refractivity contribution in [2.45, 2.75) is 32.0 Å². The zero-order valence-electron chi connectivity index (χ0n) is 17.5. The van der Waals surface area contributed by atoms with Crippen LogP contribution in [-0.2, 0) is 17.4 Å². The smallest absolute Gasteiger partial charge is 0.416 e. The third-order valence-electron chi connectivity index (χ3n) is 5.03. The lowest BCUT2D eigenvalue weighted by molar-refractivity contribution is -0.143. The number of rotatable bonds is 7. The molecule has 2 N–H and O–H groups in total. The number of hydrogen-bond acceptors (Lipinski definition) is 3. The van der Waals surface area contributed by atoms with Crippen LogP contribution in [0.25, 0.3) is 10.8 Å². The number of fused-ring (bicyclic) bond motifs is 1. The van der Waals surface area contributed by atoms with E-state index < -0.39 is 29.2 Å². The molecule has 3 rings (SSSR count). The summed E-state index contributed by atoms with van der Waals surface area (Å²) in [6, 6.07) is 15.5. The minimum Gasteiger partial charge on any atom is -0.492 e. The van der Waals surface area contributed by atoms with Gasteiger partial charge in [0.2, 0.25) is 0 Å². The summed E-state index contributed by atoms with van der Waals surface area (Å²) < 4.78 is 45.6. The molecule has 5 nitrogen and oxygen atoms in total. The van der Waals surface area contributed by atoms with E-state index in [0.29, 0.717) is 5.39 Å². The van der Waals surface area contributed by atoms with Crippen molar-refractivity contribution in [3.05, 3.63) is 77.4 Å². The zero-order valence-corrected chi connectivity index (χ0v) is 17.5. The lowest BCUT2D eigenvalue weighted by Crippen LogP contribution is -2.49. The van der Waals surface area contributed by atoms with Crippen LogP contribution in [0.15, 0.2) is 60.7 Å². The predicted octanol–water partition coefficient (Wildman–Crippen LogP) is 5.07. The summed E-state index contributed by atoms with van der Waals surface area (Å²) in [6.07, 6.45) is -4.51. The van der Waals surface area contributed by atoms with Gasteiger partial charge in [-0.3, -0.25) is 4.79 Å². The molecule has 0 aromatic heterocycles. The largest absolute Gasteiger partial charge is 0.492 e. The quantitative estimate of drug-likeness (QED) is 0.532. The van der Waals surface area contributed by atoms with Crippen molar-refractivity contribution in [2.24, 2.45) is 0 Å². The Morgan fingerprint density at radius 1 is 0.969 bits per heavy atom. The van der Waals surface area contributed by atoms with Crippen molar-refractivity contribution in [1.82, 2.24) is 5.32 Å². The van der Waals surface area contributed by atoms with Gasteiger partial charge in [-0.15, -0.1) is 0 Å². The molecule has 3 aromatic carbocycles. The maximum absolute atomic E-state index is 13.3. The second kappa shape index (κ2) is 8.90. The summed E-state index contributed by atoms with van der Waals surface area (Å²) in [5.41, 5.74) is -2.07. The Morgan fingerprint density at radius 2 is 1.62 bits per heavy atom. The molecule has 0 saturated carbocycles. The van der Waals surface area contributed by atoms with Gasteiger partial charge in [0.15, 0.2) is 0 Å². The molecular formula is C24H22F3NO4. The van der Waals surface area contributed by atoms with Gasteiger partial charge in [-0.1, -0.05) is 48.5 Å². The minimum atomic E-state index is -4.48. The highest BCUT2D eigenvalue weighted by atomic mass is 19.4. The molecule has 3 aromatic rings. The van der Waals surface area contributed by atoms with Gasteiger partial charge in [0.1, 0.15) is 11.3 Å². The Bertz CT molecular complexity index is 1160. The molecule has 32 heavy (non-hydrogen) atoms. The van der Waals surface area contributed by atoms with Crippen LogP contribution in [0.4, 0.5) is 13.2 Å². The zero-order chi connectivity index (χ0) is 23.5. The maximum atomic E-state index is 13.3. The van der Waals surface area contributed by atoms with Crippen LogP contribution in [0.1, 0.15) is 35.3 Å². The van der Waals surface area contributed by atoms with E-state index in [1.165, 1.54) is 38.1 Å². The van der Waals surface area contributed by atoms with E-state index in [2.05, 4.69) is 5.32 Å². The predicted molar refractivity (Wildman–Crippen MR) is 114 cm³/mol. The average Bonchev–Trinajstić information content (AvgIpc) is 2.73. The highest BCUT2D eigenvalue weighted by Gasteiger charge is 2.33. The SMILES string of the molecule is CC(C)(NC(=O)c1ccc2ccccc2c1OCCc1ccccc1C(F)(F)F)C(=O)O. The van der Waals surface area contributed by atoms with Gasteiger partial charge in [-0.05, 0) is 36.9 Å². The van der Waals surface area contributed by atoms with Crippen molar-refractivity contribution in [1.29, 1.82) is 0 Å². The Balaban J connectivity index is 1.91. The number of amides is 1. The third kappa shape index (κ3) is 5.01. The van der Waals surface area contributed by atoms with E-state index in [9.17, 15) is 27.9 Å². The normalized spacial score (nSPS) is 11.9. The number of ether oxygens (including phenoxy) is 1. The first-order valence-corrected chi connectivity index (χ1v) is 9.86. The first kappa shape index (κ1) is 23.1. The molecule has 0 unspecified atom stereocenters. The number of halogens is 3. The average molecular weight is 445 g/mol. The van der Waals surface area contributed by atoms with Crippen molar-refractivity contribution < 1.29 is 32.6 Å². The monoisotopic (exact) mass is 445 g/mol. The second-order valence-electron chi connectivity index (χ2n) is 7.80. The molecule has 0 atom stereocenters. The fourth-order valence-corrected chi connectivity index (χ4v) is 3.26. The van der Waals surface area contributed by atoms with Crippen LogP contribution in [0.5, 0.6) is 5.75 Å². The molecule has 0 heterocycles. The molecule has 1 amide bonds. The van der Waals surface area contributed by atoms with Crippen LogP contribution in [0, 0.1) is 0 Å². The molecule has 0 aliphatic rings. The third-order valence-corrected chi connectivity index (χ3v) is 5.03. The fraction of sp³-hybridized carbons (Fsp3) is 0.250. The Labute approximate surface area is 182 Å². The lowest BCUT2D eigenvalue weighted by Gasteiger charge is -2.22. The van der Waals surface area contributed by atoms with E-state index in [1.807, 2.05) is 6.07 Å². The Hall–Kier alpha value is -3.55. The summed E-state index contributed by atoms with van der Waals surface area (Å²) in [5.74, 6) is -1.68. The lowest BCUT2D eigenvalue weighted by atomic mass is 10.0. The number of benzene rings is 3. The summed E-state index contributed by atoms with van der Waals surface area (Å²) in [6.45, 7) is 2.59. The molecule has 0 saturated heterocycles. The molecule has 168 valence electrons. The summed E-state index contributed by atoms with van der Waals surface area (Å²) >= 11 is 0. The molecule has 0 fully saturated rings. The molecule has 0 aliphatic heterocycles. The fourth-order valence-electron chi connectivity index (χ4n) is 3.26. The van der Waals surface area contributed by atoms with Gasteiger partial charge in [0, 0.05) is 11.8 Å². The summed E-state index contributed by atoms with van der Waals surface area (Å²) in [4.78, 5) is 24.2. The first-order valence-electron chi connectivity index (χ1n) is 9.86. The van der Waals surface area contributed by atoms with Gasteiger partial charge < -0.3 is 15.2 Å². The number of carboxylic acids is 1. The van der Waals surface area contributed by atoms with Gasteiger partial charge in [0.25, 0.3) is 5.91 Å². The first-order chi connectivity index (χ1) is 15.0. The number of carboxylic acid groups (broad SMARTS) is 1. The molecular weight excluding hydrogens is 423 g/mol. The number of nitrogens with one attached hydrogen (secondary N) is 1. The minimum absolute atomic E-state index is 0.0272. The van der Waals surface area contributed by atoms with E-state index in [0.717, 1.165) is 11.5 Å². The topological polar surface area (TPSA) is 75.6 Å². The standard InChI is InChI=1S/C24H22F3NO4/c1-23(2,22(30)31)28-21(29)18-12-11-15-7-3-5-9-17(15)20(18)32-14-13-16-8-4-6-10-19(16)24(25,26)27/h3-12H,13-14H2,1-2H3,(H,28,29)(H,30,31). The highest BCUT2D eigenvalue weighted by molar-refractivity contribution is 6.05. The summed E-state index contributed by atoms with van der Waals surface area (Å²) in [5, 5.41) is 13.1. The number of hydrogen-bond donors (Lipinski definition) is 2. The molecule has 8 heteroatoms. The maximum Gasteiger partial charge on any atom is 0.416 e. The summed E-state index contributed by atoms with van der Waals surface area (Å²) in [7, 11) is 0. The molecule has 0 spiro atoms. The molecule has 0 radical (unpaired) electrons. The van der Waals surface area contributed by atoms with Crippen molar-refractivity contribution in [2.75, 3.05) is 6.61 Å². The van der Waals surface area contributed by atoms with Crippen LogP contribution < -0.4 is 10.1 Å². The molecule has 0 aliphatic carbocycles. The van der Waals surface area contributed by atoms with E-state index >= 15 is 0 Å². The molecule has 0 bridgehead atoms. The number of carbonyl (C=O) groups is 2. The van der Waals surface area contributed by atoms with E-state index in [1.54, 1.807) is 24.3 Å². The number of carbonyl (C=O) groups excluding carboxylic acids is 1. The Kier molecular flexibility index (Phi) is 6.43. The van der Waals surface area contributed by atoms with Gasteiger partial charge in [-0.25, -0.2) is 4.79 Å². The van der Waals surface area contributed by atoms with Gasteiger partial charge in [0.05, 0.1) is 17.7 Å². The number of alkyl halides is 3. The van der Waals surface area contributed by atoms with Crippen LogP contribution >= 0.6 is 0 Å². The van der Waals surface area contributed by atoms with Crippen LogP contribution in [0.3, 0.4) is 0 Å².